The second-order valence-electron chi connectivity index (χ2n) is 5.23. The molecule has 0 spiro atoms. The van der Waals surface area contributed by atoms with Crippen LogP contribution in [0.15, 0.2) is 35.7 Å². The Balaban J connectivity index is 2.09. The number of aromatic nitrogens is 2. The molecular weight excluding hydrogens is 264 g/mol. The first-order valence-corrected chi connectivity index (χ1v) is 6.92. The number of rotatable bonds is 4. The molecule has 1 N–H and O–H groups in total. The van der Waals surface area contributed by atoms with Gasteiger partial charge in [-0.2, -0.15) is 5.10 Å². The van der Waals surface area contributed by atoms with Crippen molar-refractivity contribution in [1.29, 1.82) is 0 Å². The molecule has 0 bridgehead atoms. The topological polar surface area (TPSA) is 59.3 Å². The molecule has 0 aliphatic rings. The van der Waals surface area contributed by atoms with Gasteiger partial charge < -0.3 is 4.57 Å². The van der Waals surface area contributed by atoms with Gasteiger partial charge in [-0.25, -0.2) is 5.43 Å². The maximum Gasteiger partial charge on any atom is 0.272 e. The molecule has 0 unspecified atom stereocenters. The summed E-state index contributed by atoms with van der Waals surface area (Å²) in [5, 5.41) is 4.03. The first-order valence-electron chi connectivity index (χ1n) is 6.92. The number of hydrogen-bond acceptors (Lipinski definition) is 3. The van der Waals surface area contributed by atoms with Crippen molar-refractivity contribution in [2.75, 3.05) is 0 Å². The van der Waals surface area contributed by atoms with Crippen LogP contribution in [-0.4, -0.2) is 21.7 Å². The Morgan fingerprint density at radius 3 is 2.76 bits per heavy atom. The second kappa shape index (κ2) is 6.35. The van der Waals surface area contributed by atoms with Gasteiger partial charge in [0.1, 0.15) is 0 Å². The third kappa shape index (κ3) is 3.37. The molecule has 0 aliphatic heterocycles. The van der Waals surface area contributed by atoms with Gasteiger partial charge in [0.15, 0.2) is 0 Å². The van der Waals surface area contributed by atoms with E-state index in [2.05, 4.69) is 53.8 Å². The lowest BCUT2D eigenvalue weighted by molar-refractivity contribution is 0.0955. The van der Waals surface area contributed by atoms with Crippen molar-refractivity contribution < 1.29 is 4.79 Å². The Labute approximate surface area is 124 Å². The molecule has 2 heterocycles. The zero-order chi connectivity index (χ0) is 15.4. The zero-order valence-corrected chi connectivity index (χ0v) is 12.8. The fourth-order valence-corrected chi connectivity index (χ4v) is 2.45. The molecule has 0 aromatic carbocycles. The summed E-state index contributed by atoms with van der Waals surface area (Å²) >= 11 is 0. The van der Waals surface area contributed by atoms with Gasteiger partial charge in [-0.15, -0.1) is 0 Å². The van der Waals surface area contributed by atoms with Crippen LogP contribution in [0.5, 0.6) is 0 Å². The van der Waals surface area contributed by atoms with E-state index in [0.29, 0.717) is 11.6 Å². The van der Waals surface area contributed by atoms with E-state index in [1.165, 1.54) is 11.9 Å². The molecule has 0 saturated carbocycles. The van der Waals surface area contributed by atoms with E-state index < -0.39 is 0 Å². The van der Waals surface area contributed by atoms with Crippen LogP contribution in [0.1, 0.15) is 47.2 Å². The van der Waals surface area contributed by atoms with Crippen LogP contribution in [0.2, 0.25) is 0 Å². The summed E-state index contributed by atoms with van der Waals surface area (Å²) in [4.78, 5) is 15.7. The van der Waals surface area contributed by atoms with Crippen LogP contribution < -0.4 is 5.43 Å². The van der Waals surface area contributed by atoms with Crippen LogP contribution in [0.25, 0.3) is 0 Å². The van der Waals surface area contributed by atoms with Crippen LogP contribution in [0, 0.1) is 13.8 Å². The van der Waals surface area contributed by atoms with Crippen LogP contribution in [0.3, 0.4) is 0 Å². The number of nitrogens with one attached hydrogen (secondary N) is 1. The summed E-state index contributed by atoms with van der Waals surface area (Å²) in [5.74, 6) is -0.267. The maximum absolute atomic E-state index is 11.8. The quantitative estimate of drug-likeness (QED) is 0.693. The van der Waals surface area contributed by atoms with Crippen molar-refractivity contribution in [3.8, 4) is 0 Å². The van der Waals surface area contributed by atoms with Crippen molar-refractivity contribution >= 4 is 12.1 Å². The number of aryl methyl sites for hydroxylation is 1. The Hall–Kier alpha value is -2.43. The number of hydrazone groups is 1. The third-order valence-corrected chi connectivity index (χ3v) is 3.33. The summed E-state index contributed by atoms with van der Waals surface area (Å²) < 4.78 is 2.24. The summed E-state index contributed by atoms with van der Waals surface area (Å²) in [6, 6.07) is 5.88. The number of carbonyl (C=O) groups is 1. The van der Waals surface area contributed by atoms with Gasteiger partial charge in [0, 0.05) is 35.4 Å². The van der Waals surface area contributed by atoms with Gasteiger partial charge >= 0.3 is 0 Å². The van der Waals surface area contributed by atoms with Gasteiger partial charge in [-0.1, -0.05) is 0 Å². The molecule has 0 aliphatic carbocycles. The van der Waals surface area contributed by atoms with E-state index in [4.69, 9.17) is 0 Å². The summed E-state index contributed by atoms with van der Waals surface area (Å²) in [5.41, 5.74) is 6.33. The predicted molar refractivity (Wildman–Crippen MR) is 83.6 cm³/mol. The molecule has 0 saturated heterocycles. The fourth-order valence-electron chi connectivity index (χ4n) is 2.45. The van der Waals surface area contributed by atoms with E-state index in [1.54, 1.807) is 24.5 Å². The molecule has 110 valence electrons. The average Bonchev–Trinajstić information content (AvgIpc) is 2.74. The SMILES string of the molecule is Cc1cc(/C=N\NC(=O)c2cccnc2)c(C)n1C(C)C. The normalized spacial score (nSPS) is 11.3. The van der Waals surface area contributed by atoms with Crippen LogP contribution in [-0.2, 0) is 0 Å². The first kappa shape index (κ1) is 15.0. The largest absolute Gasteiger partial charge is 0.346 e. The lowest BCUT2D eigenvalue weighted by Gasteiger charge is -2.13. The number of carbonyl (C=O) groups excluding carboxylic acids is 1. The maximum atomic E-state index is 11.8. The molecule has 5 nitrogen and oxygen atoms in total. The van der Waals surface area contributed by atoms with Crippen molar-refractivity contribution in [1.82, 2.24) is 15.0 Å². The molecule has 0 atom stereocenters. The van der Waals surface area contributed by atoms with E-state index in [0.717, 1.165) is 11.3 Å². The van der Waals surface area contributed by atoms with Crippen molar-refractivity contribution in [3.05, 3.63) is 53.1 Å². The summed E-state index contributed by atoms with van der Waals surface area (Å²) in [6.07, 6.45) is 4.81. The Kier molecular flexibility index (Phi) is 4.52. The average molecular weight is 284 g/mol. The van der Waals surface area contributed by atoms with Crippen molar-refractivity contribution in [3.63, 3.8) is 0 Å². The number of pyridine rings is 1. The predicted octanol–water partition coefficient (Wildman–Crippen LogP) is 2.84. The third-order valence-electron chi connectivity index (χ3n) is 3.33. The molecule has 21 heavy (non-hydrogen) atoms. The van der Waals surface area contributed by atoms with Crippen molar-refractivity contribution in [2.45, 2.75) is 33.7 Å². The molecule has 2 rings (SSSR count). The van der Waals surface area contributed by atoms with Gasteiger partial charge in [-0.3, -0.25) is 9.78 Å². The minimum absolute atomic E-state index is 0.267. The first-order chi connectivity index (χ1) is 10.0. The zero-order valence-electron chi connectivity index (χ0n) is 12.8. The fraction of sp³-hybridized carbons (Fsp3) is 0.312. The highest BCUT2D eigenvalue weighted by Gasteiger charge is 2.10. The lowest BCUT2D eigenvalue weighted by atomic mass is 10.2. The Bertz CT molecular complexity index is 656. The number of hydrogen-bond donors (Lipinski definition) is 1. The monoisotopic (exact) mass is 284 g/mol. The minimum atomic E-state index is -0.267. The standard InChI is InChI=1S/C16H20N4O/c1-11(2)20-12(3)8-15(13(20)4)10-18-19-16(21)14-6-5-7-17-9-14/h5-11H,1-4H3,(H,19,21)/b18-10-. The number of nitrogens with zero attached hydrogens (tertiary/aromatic N) is 3. The van der Waals surface area contributed by atoms with Gasteiger partial charge in [0.05, 0.1) is 11.8 Å². The lowest BCUT2D eigenvalue weighted by Crippen LogP contribution is -2.17. The molecular formula is C16H20N4O. The van der Waals surface area contributed by atoms with E-state index >= 15 is 0 Å². The van der Waals surface area contributed by atoms with E-state index in [1.807, 2.05) is 0 Å². The van der Waals surface area contributed by atoms with Gasteiger partial charge in [0.25, 0.3) is 5.91 Å². The molecule has 2 aromatic rings. The van der Waals surface area contributed by atoms with Crippen LogP contribution >= 0.6 is 0 Å². The highest BCUT2D eigenvalue weighted by atomic mass is 16.2. The van der Waals surface area contributed by atoms with Gasteiger partial charge in [0.2, 0.25) is 0 Å². The Morgan fingerprint density at radius 2 is 2.19 bits per heavy atom. The van der Waals surface area contributed by atoms with E-state index in [9.17, 15) is 4.79 Å². The summed E-state index contributed by atoms with van der Waals surface area (Å²) in [7, 11) is 0. The molecule has 5 heteroatoms. The Morgan fingerprint density at radius 1 is 1.43 bits per heavy atom. The number of amides is 1. The second-order valence-corrected chi connectivity index (χ2v) is 5.23. The summed E-state index contributed by atoms with van der Waals surface area (Å²) in [6.45, 7) is 8.41. The molecule has 0 radical (unpaired) electrons. The highest BCUT2D eigenvalue weighted by molar-refractivity contribution is 5.94. The van der Waals surface area contributed by atoms with E-state index in [-0.39, 0.29) is 5.91 Å². The smallest absolute Gasteiger partial charge is 0.272 e. The molecule has 0 fully saturated rings. The molecule has 1 amide bonds. The minimum Gasteiger partial charge on any atom is -0.346 e. The van der Waals surface area contributed by atoms with Crippen molar-refractivity contribution in [2.24, 2.45) is 5.10 Å². The molecule has 2 aromatic heterocycles. The van der Waals surface area contributed by atoms with Crippen LogP contribution in [0.4, 0.5) is 0 Å². The van der Waals surface area contributed by atoms with Gasteiger partial charge in [-0.05, 0) is 45.9 Å². The highest BCUT2D eigenvalue weighted by Crippen LogP contribution is 2.18.